The normalized spacial score (nSPS) is 16.6. The van der Waals surface area contributed by atoms with Crippen molar-refractivity contribution in [2.24, 2.45) is 0 Å². The number of ether oxygens (including phenoxy) is 2. The van der Waals surface area contributed by atoms with Gasteiger partial charge in [-0.1, -0.05) is 54.6 Å². The van der Waals surface area contributed by atoms with Gasteiger partial charge in [0.1, 0.15) is 0 Å². The lowest BCUT2D eigenvalue weighted by Crippen LogP contribution is -2.57. The number of carbonyl (C=O) groups excluding carboxylic acids is 1. The number of aromatic nitrogens is 1. The number of carbonyl (C=O) groups is 1. The van der Waals surface area contributed by atoms with Crippen LogP contribution in [0.15, 0.2) is 78.9 Å². The Balaban J connectivity index is 1.30. The molecule has 6 heteroatoms. The minimum Gasteiger partial charge on any atom is -0.481 e. The number of methoxy groups -OCH3 is 1. The van der Waals surface area contributed by atoms with Crippen LogP contribution in [-0.2, 0) is 4.74 Å². The molecule has 6 rings (SSSR count). The zero-order chi connectivity index (χ0) is 24.5. The second-order valence-corrected chi connectivity index (χ2v) is 9.41. The Morgan fingerprint density at radius 1 is 0.861 bits per heavy atom. The Labute approximate surface area is 211 Å². The van der Waals surface area contributed by atoms with Crippen molar-refractivity contribution in [3.05, 3.63) is 84.4 Å². The Kier molecular flexibility index (Phi) is 6.13. The first-order valence-electron chi connectivity index (χ1n) is 12.5. The van der Waals surface area contributed by atoms with Crippen molar-refractivity contribution in [1.29, 1.82) is 0 Å². The summed E-state index contributed by atoms with van der Waals surface area (Å²) in [7, 11) is 1.63. The van der Waals surface area contributed by atoms with Crippen LogP contribution in [0.25, 0.3) is 33.2 Å². The first-order valence-corrected chi connectivity index (χ1v) is 12.5. The molecule has 0 atom stereocenters. The second kappa shape index (κ2) is 9.72. The lowest BCUT2D eigenvalue weighted by Gasteiger charge is -2.42. The monoisotopic (exact) mass is 479 g/mol. The van der Waals surface area contributed by atoms with Crippen LogP contribution >= 0.6 is 0 Å². The maximum absolute atomic E-state index is 13.4. The molecular formula is C30H29N3O3. The summed E-state index contributed by atoms with van der Waals surface area (Å²) in [6, 6.07) is 27.1. The van der Waals surface area contributed by atoms with E-state index < -0.39 is 0 Å². The number of nitrogens with zero attached hydrogens (tertiary/aromatic N) is 3. The predicted molar refractivity (Wildman–Crippen MR) is 141 cm³/mol. The fraction of sp³-hybridized carbons (Fsp3) is 0.267. The number of benzene rings is 3. The molecule has 4 aromatic rings. The highest BCUT2D eigenvalue weighted by Gasteiger charge is 2.30. The highest BCUT2D eigenvalue weighted by Crippen LogP contribution is 2.33. The van der Waals surface area contributed by atoms with Crippen LogP contribution < -0.4 is 4.74 Å². The van der Waals surface area contributed by atoms with Gasteiger partial charge in [-0.2, -0.15) is 0 Å². The Morgan fingerprint density at radius 3 is 2.22 bits per heavy atom. The van der Waals surface area contributed by atoms with E-state index in [4.69, 9.17) is 9.47 Å². The van der Waals surface area contributed by atoms with Crippen LogP contribution in [-0.4, -0.2) is 73.2 Å². The Hall–Kier alpha value is -3.74. The number of hydrogen-bond acceptors (Lipinski definition) is 5. The molecule has 0 saturated carbocycles. The van der Waals surface area contributed by atoms with E-state index in [2.05, 4.69) is 46.3 Å². The van der Waals surface area contributed by atoms with E-state index in [0.717, 1.165) is 67.0 Å². The zero-order valence-electron chi connectivity index (χ0n) is 20.4. The third kappa shape index (κ3) is 4.34. The van der Waals surface area contributed by atoms with Gasteiger partial charge in [0.15, 0.2) is 0 Å². The minimum absolute atomic E-state index is 0.0719. The van der Waals surface area contributed by atoms with Gasteiger partial charge < -0.3 is 14.4 Å². The van der Waals surface area contributed by atoms with Gasteiger partial charge in [0, 0.05) is 43.2 Å². The first-order chi connectivity index (χ1) is 17.7. The molecule has 2 fully saturated rings. The molecule has 0 aliphatic carbocycles. The molecule has 1 amide bonds. The third-order valence-corrected chi connectivity index (χ3v) is 7.28. The van der Waals surface area contributed by atoms with Gasteiger partial charge in [-0.25, -0.2) is 4.98 Å². The Morgan fingerprint density at radius 2 is 1.56 bits per heavy atom. The van der Waals surface area contributed by atoms with Gasteiger partial charge in [0.05, 0.1) is 31.9 Å². The number of pyridine rings is 1. The van der Waals surface area contributed by atoms with Crippen molar-refractivity contribution in [2.75, 3.05) is 46.5 Å². The molecule has 0 bridgehead atoms. The molecule has 0 unspecified atom stereocenters. The molecular weight excluding hydrogens is 450 g/mol. The largest absolute Gasteiger partial charge is 0.481 e. The van der Waals surface area contributed by atoms with Crippen LogP contribution in [0.1, 0.15) is 10.4 Å². The second-order valence-electron chi connectivity index (χ2n) is 9.41. The molecule has 1 aromatic heterocycles. The topological polar surface area (TPSA) is 54.9 Å². The molecule has 0 N–H and O–H groups in total. The molecule has 0 spiro atoms. The predicted octanol–water partition coefficient (Wildman–Crippen LogP) is 4.73. The molecule has 3 heterocycles. The van der Waals surface area contributed by atoms with Gasteiger partial charge in [0.2, 0.25) is 5.88 Å². The highest BCUT2D eigenvalue weighted by atomic mass is 16.5. The minimum atomic E-state index is 0.0719. The van der Waals surface area contributed by atoms with Crippen molar-refractivity contribution in [3.8, 4) is 28.1 Å². The summed E-state index contributed by atoms with van der Waals surface area (Å²) in [5.41, 5.74) is 5.90. The van der Waals surface area contributed by atoms with Crippen molar-refractivity contribution in [3.63, 3.8) is 0 Å². The van der Waals surface area contributed by atoms with Crippen molar-refractivity contribution in [2.45, 2.75) is 6.04 Å². The number of fused-ring (bicyclic) bond motifs is 1. The fourth-order valence-electron chi connectivity index (χ4n) is 5.06. The quantitative estimate of drug-likeness (QED) is 0.414. The molecule has 2 aliphatic rings. The number of piperazine rings is 1. The average Bonchev–Trinajstić information content (AvgIpc) is 2.92. The van der Waals surface area contributed by atoms with Crippen LogP contribution in [0.3, 0.4) is 0 Å². The van der Waals surface area contributed by atoms with Crippen molar-refractivity contribution in [1.82, 2.24) is 14.8 Å². The molecule has 2 saturated heterocycles. The molecule has 0 radical (unpaired) electrons. The third-order valence-electron chi connectivity index (χ3n) is 7.28. The van der Waals surface area contributed by atoms with Gasteiger partial charge in [-0.15, -0.1) is 0 Å². The summed E-state index contributed by atoms with van der Waals surface area (Å²) < 4.78 is 10.8. The lowest BCUT2D eigenvalue weighted by atomic mass is 9.97. The first kappa shape index (κ1) is 22.7. The van der Waals surface area contributed by atoms with E-state index in [-0.39, 0.29) is 5.91 Å². The molecule has 3 aromatic carbocycles. The summed E-state index contributed by atoms with van der Waals surface area (Å²) in [5.74, 6) is 0.627. The van der Waals surface area contributed by atoms with Crippen LogP contribution in [0, 0.1) is 0 Å². The summed E-state index contributed by atoms with van der Waals surface area (Å²) in [5, 5.41) is 0.944. The van der Waals surface area contributed by atoms with E-state index in [1.165, 1.54) is 5.56 Å². The lowest BCUT2D eigenvalue weighted by molar-refractivity contribution is -0.0746. The van der Waals surface area contributed by atoms with Crippen LogP contribution in [0.5, 0.6) is 5.88 Å². The van der Waals surface area contributed by atoms with Crippen molar-refractivity contribution >= 4 is 16.8 Å². The number of rotatable bonds is 5. The molecule has 6 nitrogen and oxygen atoms in total. The van der Waals surface area contributed by atoms with E-state index in [1.807, 2.05) is 47.4 Å². The maximum atomic E-state index is 13.4. The van der Waals surface area contributed by atoms with Gasteiger partial charge in [-0.3, -0.25) is 9.69 Å². The van der Waals surface area contributed by atoms with Crippen molar-refractivity contribution < 1.29 is 14.3 Å². The van der Waals surface area contributed by atoms with E-state index in [1.54, 1.807) is 7.11 Å². The fourth-order valence-corrected chi connectivity index (χ4v) is 5.06. The summed E-state index contributed by atoms with van der Waals surface area (Å²) in [6.07, 6.45) is 0. The van der Waals surface area contributed by atoms with Gasteiger partial charge >= 0.3 is 0 Å². The van der Waals surface area contributed by atoms with Gasteiger partial charge in [0.25, 0.3) is 5.91 Å². The van der Waals surface area contributed by atoms with E-state index in [9.17, 15) is 4.79 Å². The SMILES string of the molecule is COc1cc(-c2ccc(-c3ccccc3)cc2)c2cc(C(=O)N3CCN(C4COC4)CC3)ccc2n1. The standard InChI is InChI=1S/C30H29N3O3/c1-35-29-18-26(23-9-7-22(8-10-23)21-5-3-2-4-6-21)27-17-24(11-12-28(27)31-29)30(34)33-15-13-32(14-16-33)25-19-36-20-25/h2-12,17-18,25H,13-16,19-20H2,1H3. The van der Waals surface area contributed by atoms with Crippen LogP contribution in [0.4, 0.5) is 0 Å². The zero-order valence-corrected chi connectivity index (χ0v) is 20.4. The van der Waals surface area contributed by atoms with E-state index >= 15 is 0 Å². The molecule has 182 valence electrons. The van der Waals surface area contributed by atoms with Crippen LogP contribution in [0.2, 0.25) is 0 Å². The summed E-state index contributed by atoms with van der Waals surface area (Å²) in [4.78, 5) is 22.4. The summed E-state index contributed by atoms with van der Waals surface area (Å²) >= 11 is 0. The highest BCUT2D eigenvalue weighted by molar-refractivity contribution is 6.02. The van der Waals surface area contributed by atoms with E-state index in [0.29, 0.717) is 17.5 Å². The number of amides is 1. The molecule has 36 heavy (non-hydrogen) atoms. The smallest absolute Gasteiger partial charge is 0.253 e. The maximum Gasteiger partial charge on any atom is 0.253 e. The Bertz CT molecular complexity index is 1380. The average molecular weight is 480 g/mol. The number of hydrogen-bond donors (Lipinski definition) is 0. The summed E-state index contributed by atoms with van der Waals surface area (Å²) in [6.45, 7) is 4.88. The molecule has 2 aliphatic heterocycles. The van der Waals surface area contributed by atoms with Gasteiger partial charge in [-0.05, 0) is 40.5 Å².